The highest BCUT2D eigenvalue weighted by atomic mass is 32.2. The molecular formula is C14H19NO6S. The van der Waals surface area contributed by atoms with E-state index in [9.17, 15) is 18.0 Å². The van der Waals surface area contributed by atoms with Crippen LogP contribution in [0.5, 0.6) is 0 Å². The van der Waals surface area contributed by atoms with Crippen molar-refractivity contribution in [3.63, 3.8) is 0 Å². The van der Waals surface area contributed by atoms with Crippen molar-refractivity contribution in [2.24, 2.45) is 17.3 Å². The van der Waals surface area contributed by atoms with E-state index in [-0.39, 0.29) is 29.9 Å². The van der Waals surface area contributed by atoms with Gasteiger partial charge < -0.3 is 10.1 Å². The first kappa shape index (κ1) is 15.5. The molecule has 8 heteroatoms. The van der Waals surface area contributed by atoms with Gasteiger partial charge in [0.2, 0.25) is 5.91 Å². The van der Waals surface area contributed by atoms with Crippen molar-refractivity contribution in [2.45, 2.75) is 37.7 Å². The molecule has 3 rings (SSSR count). The number of rotatable bonds is 4. The molecule has 7 nitrogen and oxygen atoms in total. The summed E-state index contributed by atoms with van der Waals surface area (Å²) in [5.74, 6) is -1.34. The summed E-state index contributed by atoms with van der Waals surface area (Å²) in [4.78, 5) is 22.9. The topological polar surface area (TPSA) is 98.8 Å². The van der Waals surface area contributed by atoms with Crippen molar-refractivity contribution in [2.75, 3.05) is 6.54 Å². The second-order valence-electron chi connectivity index (χ2n) is 6.66. The molecule has 3 aliphatic rings. The number of carbonyl (C=O) groups excluding carboxylic acids is 2. The Morgan fingerprint density at radius 3 is 2.77 bits per heavy atom. The molecular weight excluding hydrogens is 310 g/mol. The highest BCUT2D eigenvalue weighted by Gasteiger charge is 2.73. The van der Waals surface area contributed by atoms with Gasteiger partial charge in [0, 0.05) is 11.8 Å². The fourth-order valence-electron chi connectivity index (χ4n) is 4.31. The van der Waals surface area contributed by atoms with E-state index in [1.165, 1.54) is 0 Å². The van der Waals surface area contributed by atoms with Crippen LogP contribution >= 0.6 is 0 Å². The molecule has 3 fully saturated rings. The SMILES string of the molecule is C=CC(=O)NCC(=O)OC1C2CC3OS(=O)(=O)C1C3C2(C)C. The average Bonchev–Trinajstić information content (AvgIpc) is 2.88. The number of nitrogens with one attached hydrogen (secondary N) is 1. The first-order valence-electron chi connectivity index (χ1n) is 7.20. The van der Waals surface area contributed by atoms with Crippen LogP contribution in [0.25, 0.3) is 0 Å². The zero-order chi connectivity index (χ0) is 16.3. The Morgan fingerprint density at radius 1 is 1.45 bits per heavy atom. The standard InChI is InChI=1S/C14H19NO6S/c1-4-9(16)15-6-10(17)20-12-7-5-8-11(14(7,2)3)13(12)22(18,19)21-8/h4,7-8,11-13H,1,5-6H2,2-3H3,(H,15,16). The van der Waals surface area contributed by atoms with E-state index in [0.29, 0.717) is 6.42 Å². The summed E-state index contributed by atoms with van der Waals surface area (Å²) in [6.45, 7) is 6.96. The summed E-state index contributed by atoms with van der Waals surface area (Å²) in [5.41, 5.74) is -0.256. The highest BCUT2D eigenvalue weighted by Crippen LogP contribution is 2.64. The fourth-order valence-corrected chi connectivity index (χ4v) is 6.44. The molecule has 2 bridgehead atoms. The molecule has 1 aliphatic heterocycles. The minimum Gasteiger partial charge on any atom is -0.459 e. The molecule has 1 amide bonds. The Bertz CT molecular complexity index is 640. The van der Waals surface area contributed by atoms with Crippen LogP contribution in [-0.4, -0.2) is 44.3 Å². The minimum absolute atomic E-state index is 0.0520. The van der Waals surface area contributed by atoms with E-state index >= 15 is 0 Å². The lowest BCUT2D eigenvalue weighted by Gasteiger charge is -2.26. The van der Waals surface area contributed by atoms with Gasteiger partial charge in [-0.15, -0.1) is 0 Å². The molecule has 5 unspecified atom stereocenters. The van der Waals surface area contributed by atoms with E-state index in [2.05, 4.69) is 11.9 Å². The monoisotopic (exact) mass is 329 g/mol. The molecule has 0 aromatic rings. The lowest BCUT2D eigenvalue weighted by molar-refractivity contribution is -0.151. The van der Waals surface area contributed by atoms with Crippen LogP contribution in [0.3, 0.4) is 0 Å². The maximum atomic E-state index is 12.2. The van der Waals surface area contributed by atoms with Crippen LogP contribution in [0.2, 0.25) is 0 Å². The molecule has 5 atom stereocenters. The minimum atomic E-state index is -3.71. The highest BCUT2D eigenvalue weighted by molar-refractivity contribution is 7.87. The number of esters is 1. The van der Waals surface area contributed by atoms with Crippen LogP contribution in [0.15, 0.2) is 12.7 Å². The molecule has 1 N–H and O–H groups in total. The Kier molecular flexibility index (Phi) is 3.37. The van der Waals surface area contributed by atoms with Gasteiger partial charge >= 0.3 is 5.97 Å². The third-order valence-electron chi connectivity index (χ3n) is 5.23. The molecule has 122 valence electrons. The second-order valence-corrected chi connectivity index (χ2v) is 8.38. The Balaban J connectivity index is 1.76. The maximum Gasteiger partial charge on any atom is 0.325 e. The third kappa shape index (κ3) is 2.08. The fraction of sp³-hybridized carbons (Fsp3) is 0.714. The van der Waals surface area contributed by atoms with Crippen molar-refractivity contribution in [3.05, 3.63) is 12.7 Å². The van der Waals surface area contributed by atoms with Crippen molar-refractivity contribution >= 4 is 22.0 Å². The summed E-state index contributed by atoms with van der Waals surface area (Å²) in [7, 11) is -3.71. The summed E-state index contributed by atoms with van der Waals surface area (Å²) in [5, 5.41) is 1.52. The van der Waals surface area contributed by atoms with Gasteiger partial charge in [-0.05, 0) is 17.9 Å². The van der Waals surface area contributed by atoms with Gasteiger partial charge in [0.05, 0.1) is 6.10 Å². The Hall–Kier alpha value is -1.41. The molecule has 1 saturated heterocycles. The number of ether oxygens (including phenoxy) is 1. The molecule has 22 heavy (non-hydrogen) atoms. The van der Waals surface area contributed by atoms with E-state index in [4.69, 9.17) is 8.92 Å². The van der Waals surface area contributed by atoms with E-state index in [1.54, 1.807) is 0 Å². The van der Waals surface area contributed by atoms with Gasteiger partial charge in [-0.2, -0.15) is 8.42 Å². The van der Waals surface area contributed by atoms with Gasteiger partial charge in [-0.3, -0.25) is 13.8 Å². The van der Waals surface area contributed by atoms with Gasteiger partial charge in [-0.25, -0.2) is 0 Å². The third-order valence-corrected chi connectivity index (χ3v) is 6.97. The van der Waals surface area contributed by atoms with Crippen molar-refractivity contribution in [1.82, 2.24) is 5.32 Å². The first-order valence-corrected chi connectivity index (χ1v) is 8.67. The van der Waals surface area contributed by atoms with Crippen LogP contribution in [-0.2, 0) is 28.6 Å². The molecule has 2 aliphatic carbocycles. The predicted molar refractivity (Wildman–Crippen MR) is 76.0 cm³/mol. The number of fused-ring (bicyclic) bond motifs is 1. The van der Waals surface area contributed by atoms with E-state index in [0.717, 1.165) is 6.08 Å². The summed E-state index contributed by atoms with van der Waals surface area (Å²) >= 11 is 0. The maximum absolute atomic E-state index is 12.2. The number of hydrogen-bond acceptors (Lipinski definition) is 6. The van der Waals surface area contributed by atoms with E-state index in [1.807, 2.05) is 13.8 Å². The van der Waals surface area contributed by atoms with Gasteiger partial charge in [0.15, 0.2) is 0 Å². The lowest BCUT2D eigenvalue weighted by Crippen LogP contribution is -2.41. The first-order chi connectivity index (χ1) is 10.2. The van der Waals surface area contributed by atoms with Crippen molar-refractivity contribution < 1.29 is 26.9 Å². The van der Waals surface area contributed by atoms with Gasteiger partial charge in [0.1, 0.15) is 17.9 Å². The smallest absolute Gasteiger partial charge is 0.325 e. The quantitative estimate of drug-likeness (QED) is 0.442. The zero-order valence-corrected chi connectivity index (χ0v) is 13.3. The largest absolute Gasteiger partial charge is 0.459 e. The lowest BCUT2D eigenvalue weighted by atomic mass is 9.81. The number of carbonyl (C=O) groups is 2. The summed E-state index contributed by atoms with van der Waals surface area (Å²) < 4.78 is 34.9. The zero-order valence-electron chi connectivity index (χ0n) is 12.4. The van der Waals surface area contributed by atoms with Gasteiger partial charge in [0.25, 0.3) is 10.1 Å². The van der Waals surface area contributed by atoms with Crippen LogP contribution in [0.1, 0.15) is 20.3 Å². The second kappa shape index (κ2) is 4.79. The average molecular weight is 329 g/mol. The summed E-state index contributed by atoms with van der Waals surface area (Å²) in [6, 6.07) is 0. The Labute approximate surface area is 129 Å². The molecule has 1 heterocycles. The predicted octanol–water partition coefficient (Wildman–Crippen LogP) is -0.0265. The summed E-state index contributed by atoms with van der Waals surface area (Å²) in [6.07, 6.45) is 0.611. The number of amides is 1. The molecule has 0 aromatic carbocycles. The van der Waals surface area contributed by atoms with Crippen molar-refractivity contribution in [1.29, 1.82) is 0 Å². The number of hydrogen-bond donors (Lipinski definition) is 1. The molecule has 2 saturated carbocycles. The molecule has 0 spiro atoms. The van der Waals surface area contributed by atoms with Crippen LogP contribution < -0.4 is 5.32 Å². The Morgan fingerprint density at radius 2 is 2.14 bits per heavy atom. The molecule has 0 radical (unpaired) electrons. The van der Waals surface area contributed by atoms with E-state index < -0.39 is 33.3 Å². The normalized spacial score (nSPS) is 39.5. The van der Waals surface area contributed by atoms with Crippen LogP contribution in [0, 0.1) is 17.3 Å². The van der Waals surface area contributed by atoms with Crippen molar-refractivity contribution in [3.8, 4) is 0 Å². The molecule has 0 aromatic heterocycles. The van der Waals surface area contributed by atoms with Crippen LogP contribution in [0.4, 0.5) is 0 Å². The van der Waals surface area contributed by atoms with Gasteiger partial charge in [-0.1, -0.05) is 20.4 Å².